The second-order valence-corrected chi connectivity index (χ2v) is 8.93. The minimum atomic E-state index is 0. The maximum absolute atomic E-state index is 2.41. The lowest BCUT2D eigenvalue weighted by Crippen LogP contribution is -3.00. The fourth-order valence-electron chi connectivity index (χ4n) is 3.11. The maximum Gasteiger partial charge on any atom is 0.0836 e. The van der Waals surface area contributed by atoms with Gasteiger partial charge in [0.25, 0.3) is 0 Å². The van der Waals surface area contributed by atoms with Crippen molar-refractivity contribution in [2.45, 2.75) is 77.6 Å². The molecule has 0 aliphatic heterocycles. The van der Waals surface area contributed by atoms with Gasteiger partial charge in [-0.3, -0.25) is 0 Å². The van der Waals surface area contributed by atoms with E-state index in [0.717, 1.165) is 4.48 Å². The predicted molar refractivity (Wildman–Crippen MR) is 101 cm³/mol. The van der Waals surface area contributed by atoms with Crippen molar-refractivity contribution in [2.24, 2.45) is 0 Å². The topological polar surface area (TPSA) is 0 Å². The Labute approximate surface area is 166 Å². The van der Waals surface area contributed by atoms with Crippen molar-refractivity contribution < 1.29 is 33.8 Å². The van der Waals surface area contributed by atoms with Crippen LogP contribution in [0.15, 0.2) is 0 Å². The molecule has 0 fully saturated rings. The van der Waals surface area contributed by atoms with Gasteiger partial charge in [0.2, 0.25) is 0 Å². The van der Waals surface area contributed by atoms with Gasteiger partial charge in [-0.2, -0.15) is 0 Å². The zero-order valence-corrected chi connectivity index (χ0v) is 19.1. The van der Waals surface area contributed by atoms with E-state index in [-0.39, 0.29) is 24.8 Å². The Balaban J connectivity index is -0.00000220. The molecule has 24 heavy (non-hydrogen) atoms. The second kappa shape index (κ2) is 16.9. The molecule has 0 rings (SSSR count). The van der Waals surface area contributed by atoms with E-state index in [0.29, 0.717) is 0 Å². The molecule has 150 valence electrons. The molecule has 0 atom stereocenters. The van der Waals surface area contributed by atoms with E-state index in [1.54, 1.807) is 0 Å². The largest absolute Gasteiger partial charge is 1.00 e. The van der Waals surface area contributed by atoms with Gasteiger partial charge in [0, 0.05) is 6.42 Å². The molecule has 0 aliphatic carbocycles. The maximum atomic E-state index is 2.41. The second-order valence-electron chi connectivity index (χ2n) is 8.93. The van der Waals surface area contributed by atoms with Crippen LogP contribution in [0.25, 0.3) is 0 Å². The van der Waals surface area contributed by atoms with Crippen molar-refractivity contribution in [2.75, 3.05) is 54.9 Å². The minimum Gasteiger partial charge on any atom is -1.00 e. The summed E-state index contributed by atoms with van der Waals surface area (Å²) in [5.74, 6) is 0. The Bertz CT molecular complexity index is 251. The number of hydrogen-bond donors (Lipinski definition) is 0. The lowest BCUT2D eigenvalue weighted by Gasteiger charge is -2.31. The SMILES string of the molecule is CCCCCCCCCCCC[N+](C)(C)CCC[N+](C)(C)C.[Cl-].[Cl-]. The molecule has 0 spiro atoms. The smallest absolute Gasteiger partial charge is 0.0836 e. The van der Waals surface area contributed by atoms with Gasteiger partial charge >= 0.3 is 0 Å². The first-order chi connectivity index (χ1) is 10.3. The van der Waals surface area contributed by atoms with Gasteiger partial charge in [-0.05, 0) is 12.8 Å². The molecule has 0 heterocycles. The van der Waals surface area contributed by atoms with E-state index in [4.69, 9.17) is 0 Å². The van der Waals surface area contributed by atoms with Gasteiger partial charge in [0.1, 0.15) is 0 Å². The van der Waals surface area contributed by atoms with Gasteiger partial charge in [-0.1, -0.05) is 58.3 Å². The van der Waals surface area contributed by atoms with E-state index in [1.807, 2.05) is 0 Å². The summed E-state index contributed by atoms with van der Waals surface area (Å²) in [6.07, 6.45) is 15.7. The number of rotatable bonds is 15. The third-order valence-electron chi connectivity index (χ3n) is 4.71. The van der Waals surface area contributed by atoms with E-state index >= 15 is 0 Å². The summed E-state index contributed by atoms with van der Waals surface area (Å²) < 4.78 is 2.30. The average Bonchev–Trinajstić information content (AvgIpc) is 2.39. The number of nitrogens with zero attached hydrogens (tertiary/aromatic N) is 2. The monoisotopic (exact) mass is 384 g/mol. The molecule has 0 aromatic heterocycles. The van der Waals surface area contributed by atoms with Crippen LogP contribution in [0.1, 0.15) is 77.6 Å². The molecule has 0 radical (unpaired) electrons. The van der Waals surface area contributed by atoms with Gasteiger partial charge in [-0.15, -0.1) is 0 Å². The van der Waals surface area contributed by atoms with Crippen LogP contribution >= 0.6 is 0 Å². The summed E-state index contributed by atoms with van der Waals surface area (Å²) in [6, 6.07) is 0. The third-order valence-corrected chi connectivity index (χ3v) is 4.71. The van der Waals surface area contributed by atoms with Crippen molar-refractivity contribution in [3.8, 4) is 0 Å². The van der Waals surface area contributed by atoms with E-state index in [9.17, 15) is 0 Å². The molecule has 4 heteroatoms. The molecule has 0 aromatic carbocycles. The highest BCUT2D eigenvalue weighted by Gasteiger charge is 2.16. The van der Waals surface area contributed by atoms with Crippen molar-refractivity contribution in [3.05, 3.63) is 0 Å². The van der Waals surface area contributed by atoms with Crippen LogP contribution in [0.5, 0.6) is 0 Å². The Kier molecular flexibility index (Phi) is 20.7. The molecule has 0 bridgehead atoms. The number of halogens is 2. The highest BCUT2D eigenvalue weighted by Crippen LogP contribution is 2.12. The number of unbranched alkanes of at least 4 members (excludes halogenated alkanes) is 9. The quantitative estimate of drug-likeness (QED) is 0.253. The molecule has 0 amide bonds. The first kappa shape index (κ1) is 29.3. The average molecular weight is 386 g/mol. The van der Waals surface area contributed by atoms with Crippen molar-refractivity contribution >= 4 is 0 Å². The van der Waals surface area contributed by atoms with Crippen molar-refractivity contribution in [3.63, 3.8) is 0 Å². The first-order valence-electron chi connectivity index (χ1n) is 9.89. The normalized spacial score (nSPS) is 11.8. The summed E-state index contributed by atoms with van der Waals surface area (Å²) in [7, 11) is 11.7. The van der Waals surface area contributed by atoms with Crippen LogP contribution in [0.3, 0.4) is 0 Å². The molecule has 0 saturated carbocycles. The molecule has 0 N–H and O–H groups in total. The van der Waals surface area contributed by atoms with E-state index < -0.39 is 0 Å². The Morgan fingerprint density at radius 2 is 0.833 bits per heavy atom. The number of quaternary nitrogens is 2. The lowest BCUT2D eigenvalue weighted by atomic mass is 10.1. The van der Waals surface area contributed by atoms with Crippen LogP contribution in [0.4, 0.5) is 0 Å². The van der Waals surface area contributed by atoms with E-state index in [1.165, 1.54) is 94.7 Å². The van der Waals surface area contributed by atoms with Crippen molar-refractivity contribution in [1.29, 1.82) is 0 Å². The van der Waals surface area contributed by atoms with Crippen LogP contribution in [-0.2, 0) is 0 Å². The predicted octanol–water partition coefficient (Wildman–Crippen LogP) is -0.912. The summed E-state index contributed by atoms with van der Waals surface area (Å²) >= 11 is 0. The van der Waals surface area contributed by atoms with E-state index in [2.05, 4.69) is 42.2 Å². The minimum absolute atomic E-state index is 0. The third kappa shape index (κ3) is 22.5. The summed E-state index contributed by atoms with van der Waals surface area (Å²) in [5.41, 5.74) is 0. The fourth-order valence-corrected chi connectivity index (χ4v) is 3.11. The molecule has 0 unspecified atom stereocenters. The van der Waals surface area contributed by atoms with Gasteiger partial charge < -0.3 is 33.8 Å². The molecule has 0 saturated heterocycles. The van der Waals surface area contributed by atoms with Crippen LogP contribution in [0, 0.1) is 0 Å². The highest BCUT2D eigenvalue weighted by atomic mass is 35.5. The number of hydrogen-bond acceptors (Lipinski definition) is 0. The summed E-state index contributed by atoms with van der Waals surface area (Å²) in [5, 5.41) is 0. The van der Waals surface area contributed by atoms with Gasteiger partial charge in [0.05, 0.1) is 54.9 Å². The summed E-state index contributed by atoms with van der Waals surface area (Å²) in [4.78, 5) is 0. The Hall–Kier alpha value is 0.500. The standard InChI is InChI=1S/C20H46N2.2ClH/c1-7-8-9-10-11-12-13-14-15-16-19-22(5,6)20-17-18-21(2,3)4;;/h7-20H2,1-6H3;2*1H/q+2;;/p-2. The van der Waals surface area contributed by atoms with Crippen molar-refractivity contribution in [1.82, 2.24) is 0 Å². The molecular weight excluding hydrogens is 339 g/mol. The fraction of sp³-hybridized carbons (Fsp3) is 1.00. The first-order valence-corrected chi connectivity index (χ1v) is 9.89. The van der Waals surface area contributed by atoms with Gasteiger partial charge in [0.15, 0.2) is 0 Å². The Morgan fingerprint density at radius 3 is 1.25 bits per heavy atom. The zero-order valence-electron chi connectivity index (χ0n) is 17.5. The molecule has 0 aromatic rings. The zero-order chi connectivity index (χ0) is 16.9. The van der Waals surface area contributed by atoms with Crippen LogP contribution in [-0.4, -0.2) is 63.8 Å². The van der Waals surface area contributed by atoms with Crippen LogP contribution in [0.2, 0.25) is 0 Å². The molecular formula is C20H46Cl2N2. The lowest BCUT2D eigenvalue weighted by molar-refractivity contribution is -0.902. The summed E-state index contributed by atoms with van der Waals surface area (Å²) in [6.45, 7) is 6.27. The van der Waals surface area contributed by atoms with Gasteiger partial charge in [-0.25, -0.2) is 0 Å². The molecule has 0 aliphatic rings. The van der Waals surface area contributed by atoms with Crippen LogP contribution < -0.4 is 24.8 Å². The molecule has 2 nitrogen and oxygen atoms in total. The Morgan fingerprint density at radius 1 is 0.458 bits per heavy atom. The highest BCUT2D eigenvalue weighted by molar-refractivity contribution is 4.48.